The minimum atomic E-state index is -0.329. The lowest BCUT2D eigenvalue weighted by Gasteiger charge is -2.28. The van der Waals surface area contributed by atoms with Gasteiger partial charge in [0.1, 0.15) is 0 Å². The molecule has 0 aromatic carbocycles. The van der Waals surface area contributed by atoms with Crippen LogP contribution in [0, 0.1) is 5.92 Å². The van der Waals surface area contributed by atoms with Crippen LogP contribution in [0.15, 0.2) is 0 Å². The van der Waals surface area contributed by atoms with E-state index in [0.717, 1.165) is 30.9 Å². The number of hydrogen-bond donors (Lipinski definition) is 2. The fourth-order valence-electron chi connectivity index (χ4n) is 2.25. The van der Waals surface area contributed by atoms with Gasteiger partial charge in [0, 0.05) is 6.04 Å². The predicted octanol–water partition coefficient (Wildman–Crippen LogP) is 1.76. The van der Waals surface area contributed by atoms with Crippen LogP contribution < -0.4 is 11.1 Å². The summed E-state index contributed by atoms with van der Waals surface area (Å²) >= 11 is 1.73. The van der Waals surface area contributed by atoms with Gasteiger partial charge in [-0.3, -0.25) is 4.79 Å². The highest BCUT2D eigenvalue weighted by Crippen LogP contribution is 2.23. The molecule has 1 aliphatic rings. The summed E-state index contributed by atoms with van der Waals surface area (Å²) in [6.45, 7) is 2.26. The normalized spacial score (nSPS) is 27.4. The molecule has 94 valence electrons. The minimum absolute atomic E-state index is 0.0353. The molecule has 1 fully saturated rings. The zero-order valence-electron chi connectivity index (χ0n) is 10.4. The van der Waals surface area contributed by atoms with Gasteiger partial charge >= 0.3 is 0 Å². The largest absolute Gasteiger partial charge is 0.352 e. The first-order valence-electron chi connectivity index (χ1n) is 6.18. The van der Waals surface area contributed by atoms with Gasteiger partial charge in [-0.1, -0.05) is 19.8 Å². The fourth-order valence-corrected chi connectivity index (χ4v) is 2.74. The maximum atomic E-state index is 11.8. The van der Waals surface area contributed by atoms with Crippen LogP contribution in [0.3, 0.4) is 0 Å². The van der Waals surface area contributed by atoms with Crippen LogP contribution in [0.25, 0.3) is 0 Å². The Morgan fingerprint density at radius 2 is 2.31 bits per heavy atom. The Balaban J connectivity index is 2.26. The minimum Gasteiger partial charge on any atom is -0.352 e. The number of hydrogen-bond acceptors (Lipinski definition) is 3. The molecule has 0 bridgehead atoms. The maximum Gasteiger partial charge on any atom is 0.237 e. The summed E-state index contributed by atoms with van der Waals surface area (Å²) in [5, 5.41) is 3.08. The number of rotatable bonds is 5. The molecule has 3 N–H and O–H groups in total. The molecule has 0 aromatic heterocycles. The average molecular weight is 244 g/mol. The predicted molar refractivity (Wildman–Crippen MR) is 70.5 cm³/mol. The SMILES string of the molecule is CSCC[C@H](N)C(=O)NC1CCCC(C)C1. The smallest absolute Gasteiger partial charge is 0.237 e. The highest BCUT2D eigenvalue weighted by atomic mass is 32.2. The van der Waals surface area contributed by atoms with E-state index in [1.54, 1.807) is 11.8 Å². The molecule has 0 saturated heterocycles. The third-order valence-electron chi connectivity index (χ3n) is 3.25. The second-order valence-electron chi connectivity index (χ2n) is 4.87. The number of thioether (sulfide) groups is 1. The Labute approximate surface area is 103 Å². The number of amides is 1. The number of carbonyl (C=O) groups excluding carboxylic acids is 1. The lowest BCUT2D eigenvalue weighted by molar-refractivity contribution is -0.123. The quantitative estimate of drug-likeness (QED) is 0.775. The monoisotopic (exact) mass is 244 g/mol. The van der Waals surface area contributed by atoms with Gasteiger partial charge in [0.2, 0.25) is 5.91 Å². The maximum absolute atomic E-state index is 11.8. The van der Waals surface area contributed by atoms with Crippen molar-refractivity contribution in [3.63, 3.8) is 0 Å². The molecule has 1 amide bonds. The van der Waals surface area contributed by atoms with Crippen LogP contribution in [0.2, 0.25) is 0 Å². The molecule has 1 saturated carbocycles. The highest BCUT2D eigenvalue weighted by molar-refractivity contribution is 7.98. The molecule has 3 nitrogen and oxygen atoms in total. The van der Waals surface area contributed by atoms with Crippen molar-refractivity contribution < 1.29 is 4.79 Å². The van der Waals surface area contributed by atoms with Crippen molar-refractivity contribution in [2.75, 3.05) is 12.0 Å². The lowest BCUT2D eigenvalue weighted by atomic mass is 9.87. The highest BCUT2D eigenvalue weighted by Gasteiger charge is 2.22. The van der Waals surface area contributed by atoms with Crippen molar-refractivity contribution in [3.05, 3.63) is 0 Å². The van der Waals surface area contributed by atoms with E-state index in [4.69, 9.17) is 5.73 Å². The topological polar surface area (TPSA) is 55.1 Å². The van der Waals surface area contributed by atoms with Gasteiger partial charge in [0.15, 0.2) is 0 Å². The third-order valence-corrected chi connectivity index (χ3v) is 3.90. The summed E-state index contributed by atoms with van der Waals surface area (Å²) in [5.74, 6) is 1.73. The van der Waals surface area contributed by atoms with Crippen LogP contribution in [-0.2, 0) is 4.79 Å². The van der Waals surface area contributed by atoms with Crippen molar-refractivity contribution in [3.8, 4) is 0 Å². The first-order valence-corrected chi connectivity index (χ1v) is 7.57. The third kappa shape index (κ3) is 4.74. The van der Waals surface area contributed by atoms with Gasteiger partial charge in [0.05, 0.1) is 6.04 Å². The second kappa shape index (κ2) is 7.17. The summed E-state index contributed by atoms with van der Waals surface area (Å²) in [4.78, 5) is 11.8. The number of nitrogens with one attached hydrogen (secondary N) is 1. The van der Waals surface area contributed by atoms with Gasteiger partial charge in [-0.05, 0) is 37.2 Å². The van der Waals surface area contributed by atoms with E-state index in [-0.39, 0.29) is 11.9 Å². The molecule has 0 heterocycles. The zero-order valence-corrected chi connectivity index (χ0v) is 11.2. The number of nitrogens with two attached hydrogens (primary N) is 1. The van der Waals surface area contributed by atoms with E-state index in [2.05, 4.69) is 12.2 Å². The molecule has 0 aliphatic heterocycles. The first-order chi connectivity index (χ1) is 7.63. The molecule has 4 heteroatoms. The molecule has 2 unspecified atom stereocenters. The van der Waals surface area contributed by atoms with Gasteiger partial charge in [-0.2, -0.15) is 11.8 Å². The van der Waals surface area contributed by atoms with Crippen molar-refractivity contribution in [1.82, 2.24) is 5.32 Å². The van der Waals surface area contributed by atoms with E-state index in [1.807, 2.05) is 6.26 Å². The van der Waals surface area contributed by atoms with E-state index >= 15 is 0 Å². The summed E-state index contributed by atoms with van der Waals surface area (Å²) in [6, 6.07) is 0.0289. The molecule has 3 atom stereocenters. The molecular formula is C12H24N2OS. The van der Waals surface area contributed by atoms with E-state index in [1.165, 1.54) is 12.8 Å². The van der Waals surface area contributed by atoms with E-state index in [0.29, 0.717) is 6.04 Å². The second-order valence-corrected chi connectivity index (χ2v) is 5.85. The summed E-state index contributed by atoms with van der Waals surface area (Å²) in [6.07, 6.45) is 7.56. The Kier molecular flexibility index (Phi) is 6.21. The lowest BCUT2D eigenvalue weighted by Crippen LogP contribution is -2.46. The van der Waals surface area contributed by atoms with Gasteiger partial charge in [0.25, 0.3) is 0 Å². The average Bonchev–Trinajstić information content (AvgIpc) is 2.25. The van der Waals surface area contributed by atoms with Gasteiger partial charge in [-0.25, -0.2) is 0 Å². The van der Waals surface area contributed by atoms with E-state index in [9.17, 15) is 4.79 Å². The molecule has 16 heavy (non-hydrogen) atoms. The van der Waals surface area contributed by atoms with Crippen LogP contribution in [-0.4, -0.2) is 30.0 Å². The van der Waals surface area contributed by atoms with Gasteiger partial charge < -0.3 is 11.1 Å². The summed E-state index contributed by atoms with van der Waals surface area (Å²) < 4.78 is 0. The molecular weight excluding hydrogens is 220 g/mol. The Morgan fingerprint density at radius 1 is 1.56 bits per heavy atom. The zero-order chi connectivity index (χ0) is 12.0. The van der Waals surface area contributed by atoms with Crippen LogP contribution in [0.5, 0.6) is 0 Å². The van der Waals surface area contributed by atoms with Crippen LogP contribution in [0.1, 0.15) is 39.0 Å². The summed E-state index contributed by atoms with van der Waals surface area (Å²) in [7, 11) is 0. The van der Waals surface area contributed by atoms with Gasteiger partial charge in [-0.15, -0.1) is 0 Å². The molecule has 1 aliphatic carbocycles. The Bertz CT molecular complexity index is 223. The van der Waals surface area contributed by atoms with Crippen LogP contribution in [0.4, 0.5) is 0 Å². The van der Waals surface area contributed by atoms with Crippen molar-refractivity contribution in [2.24, 2.45) is 11.7 Å². The fraction of sp³-hybridized carbons (Fsp3) is 0.917. The number of carbonyl (C=O) groups is 1. The van der Waals surface area contributed by atoms with Crippen molar-refractivity contribution >= 4 is 17.7 Å². The Morgan fingerprint density at radius 3 is 2.94 bits per heavy atom. The van der Waals surface area contributed by atoms with E-state index < -0.39 is 0 Å². The first kappa shape index (κ1) is 13.8. The standard InChI is InChI=1S/C12H24N2OS/c1-9-4-3-5-10(8-9)14-12(15)11(13)6-7-16-2/h9-11H,3-8,13H2,1-2H3,(H,14,15)/t9?,10?,11-/m0/s1. The molecule has 0 spiro atoms. The molecule has 0 aromatic rings. The summed E-state index contributed by atoms with van der Waals surface area (Å²) in [5.41, 5.74) is 5.83. The Hall–Kier alpha value is -0.220. The van der Waals surface area contributed by atoms with Crippen molar-refractivity contribution in [2.45, 2.75) is 51.1 Å². The van der Waals surface area contributed by atoms with Crippen LogP contribution >= 0.6 is 11.8 Å². The molecule has 1 rings (SSSR count). The molecule has 0 radical (unpaired) electrons. The van der Waals surface area contributed by atoms with Crippen molar-refractivity contribution in [1.29, 1.82) is 0 Å².